The summed E-state index contributed by atoms with van der Waals surface area (Å²) >= 11 is 0. The third-order valence-electron chi connectivity index (χ3n) is 2.09. The SMILES string of the molecule is C[Si](C)(C)CCOC(=O)c1ccccc1. The standard InChI is InChI=1S/C12H18O2Si/c1-15(2,3)10-9-14-12(13)11-7-5-4-6-8-11/h4-8H,9-10H2,1-3H3. The molecular weight excluding hydrogens is 204 g/mol. The fourth-order valence-corrected chi connectivity index (χ4v) is 1.82. The first-order valence-corrected chi connectivity index (χ1v) is 8.92. The van der Waals surface area contributed by atoms with Crippen LogP contribution in [0.25, 0.3) is 0 Å². The Morgan fingerprint density at radius 3 is 2.33 bits per heavy atom. The number of esters is 1. The van der Waals surface area contributed by atoms with Crippen molar-refractivity contribution in [1.82, 2.24) is 0 Å². The molecule has 0 aliphatic rings. The van der Waals surface area contributed by atoms with Crippen LogP contribution in [0.1, 0.15) is 10.4 Å². The smallest absolute Gasteiger partial charge is 0.338 e. The molecule has 1 aromatic carbocycles. The number of ether oxygens (including phenoxy) is 1. The van der Waals surface area contributed by atoms with Crippen LogP contribution in [-0.2, 0) is 4.74 Å². The first kappa shape index (κ1) is 12.0. The minimum Gasteiger partial charge on any atom is -0.462 e. The van der Waals surface area contributed by atoms with Gasteiger partial charge in [0.05, 0.1) is 12.2 Å². The van der Waals surface area contributed by atoms with Gasteiger partial charge in [0.1, 0.15) is 0 Å². The lowest BCUT2D eigenvalue weighted by Crippen LogP contribution is -2.22. The molecule has 0 aliphatic carbocycles. The summed E-state index contributed by atoms with van der Waals surface area (Å²) in [7, 11) is -1.10. The molecule has 0 spiro atoms. The Kier molecular flexibility index (Phi) is 4.09. The summed E-state index contributed by atoms with van der Waals surface area (Å²) in [5.74, 6) is -0.214. The molecule has 82 valence electrons. The molecule has 15 heavy (non-hydrogen) atoms. The maximum Gasteiger partial charge on any atom is 0.338 e. The topological polar surface area (TPSA) is 26.3 Å². The van der Waals surface area contributed by atoms with Gasteiger partial charge >= 0.3 is 5.97 Å². The van der Waals surface area contributed by atoms with Crippen molar-refractivity contribution < 1.29 is 9.53 Å². The molecule has 3 heteroatoms. The van der Waals surface area contributed by atoms with E-state index in [1.54, 1.807) is 12.1 Å². The molecule has 0 atom stereocenters. The average molecular weight is 222 g/mol. The minimum absolute atomic E-state index is 0.214. The van der Waals surface area contributed by atoms with Crippen molar-refractivity contribution in [2.75, 3.05) is 6.61 Å². The molecule has 0 unspecified atom stereocenters. The maximum atomic E-state index is 11.5. The van der Waals surface area contributed by atoms with Gasteiger partial charge in [-0.15, -0.1) is 0 Å². The zero-order valence-corrected chi connectivity index (χ0v) is 10.6. The van der Waals surface area contributed by atoms with Crippen molar-refractivity contribution >= 4 is 14.0 Å². The molecular formula is C12H18O2Si. The van der Waals surface area contributed by atoms with Crippen LogP contribution in [0.5, 0.6) is 0 Å². The predicted molar refractivity (Wildman–Crippen MR) is 64.9 cm³/mol. The van der Waals surface area contributed by atoms with Crippen LogP contribution in [0, 0.1) is 0 Å². The quantitative estimate of drug-likeness (QED) is 0.577. The van der Waals surface area contributed by atoms with Gasteiger partial charge in [-0.05, 0) is 18.2 Å². The summed E-state index contributed by atoms with van der Waals surface area (Å²) in [6.45, 7) is 7.35. The van der Waals surface area contributed by atoms with Crippen molar-refractivity contribution in [3.63, 3.8) is 0 Å². The van der Waals surface area contributed by atoms with E-state index < -0.39 is 8.07 Å². The molecule has 0 aliphatic heterocycles. The first-order valence-electron chi connectivity index (χ1n) is 5.21. The second-order valence-corrected chi connectivity index (χ2v) is 10.4. The van der Waals surface area contributed by atoms with Gasteiger partial charge in [-0.25, -0.2) is 4.79 Å². The van der Waals surface area contributed by atoms with Crippen LogP contribution in [0.3, 0.4) is 0 Å². The summed E-state index contributed by atoms with van der Waals surface area (Å²) in [4.78, 5) is 11.5. The van der Waals surface area contributed by atoms with E-state index in [1.165, 1.54) is 0 Å². The highest BCUT2D eigenvalue weighted by atomic mass is 28.3. The van der Waals surface area contributed by atoms with Crippen LogP contribution < -0.4 is 0 Å². The fourth-order valence-electron chi connectivity index (χ4n) is 1.11. The van der Waals surface area contributed by atoms with Gasteiger partial charge in [0.2, 0.25) is 0 Å². The molecule has 1 rings (SSSR count). The molecule has 0 N–H and O–H groups in total. The van der Waals surface area contributed by atoms with Crippen molar-refractivity contribution in [3.8, 4) is 0 Å². The van der Waals surface area contributed by atoms with E-state index >= 15 is 0 Å². The molecule has 2 nitrogen and oxygen atoms in total. The lowest BCUT2D eigenvalue weighted by Gasteiger charge is -2.15. The highest BCUT2D eigenvalue weighted by Gasteiger charge is 2.14. The highest BCUT2D eigenvalue weighted by Crippen LogP contribution is 2.09. The molecule has 0 fully saturated rings. The predicted octanol–water partition coefficient (Wildman–Crippen LogP) is 3.18. The fraction of sp³-hybridized carbons (Fsp3) is 0.417. The number of carbonyl (C=O) groups excluding carboxylic acids is 1. The highest BCUT2D eigenvalue weighted by molar-refractivity contribution is 6.76. The molecule has 0 saturated carbocycles. The largest absolute Gasteiger partial charge is 0.462 e. The Morgan fingerprint density at radius 1 is 1.20 bits per heavy atom. The minimum atomic E-state index is -1.10. The monoisotopic (exact) mass is 222 g/mol. The number of rotatable bonds is 4. The zero-order valence-electron chi connectivity index (χ0n) is 9.62. The Bertz CT molecular complexity index is 314. The molecule has 1 aromatic rings. The molecule has 0 radical (unpaired) electrons. The number of hydrogen-bond acceptors (Lipinski definition) is 2. The van der Waals surface area contributed by atoms with Crippen molar-refractivity contribution in [2.24, 2.45) is 0 Å². The van der Waals surface area contributed by atoms with Crippen LogP contribution in [0.15, 0.2) is 30.3 Å². The Hall–Kier alpha value is -1.09. The molecule has 0 saturated heterocycles. The summed E-state index contributed by atoms with van der Waals surface area (Å²) in [5, 5.41) is 0. The Morgan fingerprint density at radius 2 is 1.80 bits per heavy atom. The first-order chi connectivity index (χ1) is 6.99. The Balaban J connectivity index is 2.38. The second-order valence-electron chi connectivity index (χ2n) is 4.81. The van der Waals surface area contributed by atoms with Crippen LogP contribution in [0.4, 0.5) is 0 Å². The Labute approximate surface area is 92.3 Å². The maximum absolute atomic E-state index is 11.5. The summed E-state index contributed by atoms with van der Waals surface area (Å²) in [5.41, 5.74) is 0.632. The van der Waals surface area contributed by atoms with Gasteiger partial charge in [0.25, 0.3) is 0 Å². The lowest BCUT2D eigenvalue weighted by atomic mass is 10.2. The number of hydrogen-bond donors (Lipinski definition) is 0. The van der Waals surface area contributed by atoms with Crippen molar-refractivity contribution in [3.05, 3.63) is 35.9 Å². The molecule has 0 heterocycles. The summed E-state index contributed by atoms with van der Waals surface area (Å²) < 4.78 is 5.20. The molecule has 0 amide bonds. The third-order valence-corrected chi connectivity index (χ3v) is 3.80. The number of carbonyl (C=O) groups is 1. The third kappa shape index (κ3) is 4.79. The van der Waals surface area contributed by atoms with E-state index in [9.17, 15) is 4.79 Å². The van der Waals surface area contributed by atoms with Gasteiger partial charge < -0.3 is 4.74 Å². The van der Waals surface area contributed by atoms with E-state index in [0.717, 1.165) is 6.04 Å². The van der Waals surface area contributed by atoms with Crippen LogP contribution >= 0.6 is 0 Å². The van der Waals surface area contributed by atoms with Crippen LogP contribution in [0.2, 0.25) is 25.7 Å². The van der Waals surface area contributed by atoms with E-state index in [0.29, 0.717) is 12.2 Å². The van der Waals surface area contributed by atoms with Crippen LogP contribution in [-0.4, -0.2) is 20.7 Å². The average Bonchev–Trinajstić information content (AvgIpc) is 2.17. The van der Waals surface area contributed by atoms with E-state index in [-0.39, 0.29) is 5.97 Å². The van der Waals surface area contributed by atoms with Crippen molar-refractivity contribution in [1.29, 1.82) is 0 Å². The van der Waals surface area contributed by atoms with E-state index in [4.69, 9.17) is 4.74 Å². The summed E-state index contributed by atoms with van der Waals surface area (Å²) in [6, 6.07) is 10.1. The molecule has 0 aromatic heterocycles. The zero-order chi connectivity index (χ0) is 11.3. The number of benzene rings is 1. The van der Waals surface area contributed by atoms with Gasteiger partial charge in [-0.2, -0.15) is 0 Å². The van der Waals surface area contributed by atoms with Gasteiger partial charge in [0.15, 0.2) is 0 Å². The van der Waals surface area contributed by atoms with Gasteiger partial charge in [-0.1, -0.05) is 37.8 Å². The lowest BCUT2D eigenvalue weighted by molar-refractivity contribution is 0.0525. The van der Waals surface area contributed by atoms with E-state index in [2.05, 4.69) is 19.6 Å². The summed E-state index contributed by atoms with van der Waals surface area (Å²) in [6.07, 6.45) is 0. The normalized spacial score (nSPS) is 11.1. The second kappa shape index (κ2) is 5.12. The van der Waals surface area contributed by atoms with E-state index in [1.807, 2.05) is 18.2 Å². The molecule has 0 bridgehead atoms. The van der Waals surface area contributed by atoms with Gasteiger partial charge in [0, 0.05) is 8.07 Å². The van der Waals surface area contributed by atoms with Crippen molar-refractivity contribution in [2.45, 2.75) is 25.7 Å². The van der Waals surface area contributed by atoms with Gasteiger partial charge in [-0.3, -0.25) is 0 Å².